The molecule has 3 rings (SSSR count). The highest BCUT2D eigenvalue weighted by atomic mass is 32.1. The molecule has 150 valence electrons. The summed E-state index contributed by atoms with van der Waals surface area (Å²) >= 11 is 1.49. The number of nitro groups is 1. The van der Waals surface area contributed by atoms with Gasteiger partial charge in [0, 0.05) is 37.2 Å². The summed E-state index contributed by atoms with van der Waals surface area (Å²) in [6.45, 7) is 7.68. The van der Waals surface area contributed by atoms with Gasteiger partial charge in [0.15, 0.2) is 0 Å². The largest absolute Gasteiger partial charge is 0.456 e. The molecule has 0 aromatic carbocycles. The number of alkyl halides is 1. The molecule has 3 aromatic heterocycles. The van der Waals surface area contributed by atoms with E-state index in [1.54, 1.807) is 12.3 Å². The second kappa shape index (κ2) is 8.78. The minimum Gasteiger partial charge on any atom is -0.456 e. The zero-order chi connectivity index (χ0) is 21.0. The third-order valence-corrected chi connectivity index (χ3v) is 5.28. The summed E-state index contributed by atoms with van der Waals surface area (Å²) in [6, 6.07) is 3.64. The molecule has 0 unspecified atom stereocenters. The first kappa shape index (κ1) is 20.4. The molecule has 0 aliphatic carbocycles. The molecule has 0 spiro atoms. The maximum Gasteiger partial charge on any atom is 0.268 e. The number of aromatic nitrogens is 3. The third-order valence-electron chi connectivity index (χ3n) is 4.12. The molecule has 0 aliphatic heterocycles. The van der Waals surface area contributed by atoms with Gasteiger partial charge in [-0.1, -0.05) is 6.58 Å². The Hall–Kier alpha value is -3.33. The van der Waals surface area contributed by atoms with E-state index in [0.29, 0.717) is 5.75 Å². The van der Waals surface area contributed by atoms with Crippen molar-refractivity contribution in [2.75, 3.05) is 6.67 Å². The first-order chi connectivity index (χ1) is 13.9. The highest BCUT2D eigenvalue weighted by molar-refractivity contribution is 7.22. The number of imidazole rings is 1. The average Bonchev–Trinajstić information content (AvgIpc) is 3.28. The van der Waals surface area contributed by atoms with Crippen molar-refractivity contribution in [3.05, 3.63) is 76.7 Å². The van der Waals surface area contributed by atoms with Crippen LogP contribution in [-0.4, -0.2) is 26.1 Å². The van der Waals surface area contributed by atoms with E-state index < -0.39 is 11.6 Å². The van der Waals surface area contributed by atoms with Gasteiger partial charge in [0.05, 0.1) is 25.7 Å². The fourth-order valence-electron chi connectivity index (χ4n) is 2.70. The van der Waals surface area contributed by atoms with Crippen molar-refractivity contribution in [2.45, 2.75) is 20.4 Å². The predicted octanol–water partition coefficient (Wildman–Crippen LogP) is 5.07. The predicted molar refractivity (Wildman–Crippen MR) is 111 cm³/mol. The van der Waals surface area contributed by atoms with Gasteiger partial charge in [-0.15, -0.1) is 11.3 Å². The minimum absolute atomic E-state index is 0.185. The number of hydrogen-bond donors (Lipinski definition) is 0. The standard InChI is InChI=1S/C20H19FN4O3S/c1-4-24-12-17(23-14(24)3)19-11-16-20(29-19)18(8-10-22-16)28-13(2)5-6-15(7-9-21)25(26)27/h5-8,10-12H,2,4,9H2,1,3H3/b6-5-,15-7+. The van der Waals surface area contributed by atoms with Crippen molar-refractivity contribution >= 4 is 21.6 Å². The van der Waals surface area contributed by atoms with Crippen LogP contribution < -0.4 is 4.74 Å². The Morgan fingerprint density at radius 1 is 1.48 bits per heavy atom. The zero-order valence-corrected chi connectivity index (χ0v) is 16.8. The van der Waals surface area contributed by atoms with Gasteiger partial charge in [-0.05, 0) is 26.0 Å². The Bertz CT molecular complexity index is 1130. The summed E-state index contributed by atoms with van der Waals surface area (Å²) in [6.07, 6.45) is 6.97. The smallest absolute Gasteiger partial charge is 0.268 e. The molecule has 3 aromatic rings. The lowest BCUT2D eigenvalue weighted by Gasteiger charge is -2.05. The molecule has 7 nitrogen and oxygen atoms in total. The Morgan fingerprint density at radius 3 is 2.93 bits per heavy atom. The van der Waals surface area contributed by atoms with Crippen molar-refractivity contribution in [3.8, 4) is 16.3 Å². The highest BCUT2D eigenvalue weighted by Gasteiger charge is 2.14. The fraction of sp³-hybridized carbons (Fsp3) is 0.200. The van der Waals surface area contributed by atoms with E-state index in [1.807, 2.05) is 19.2 Å². The van der Waals surface area contributed by atoms with Crippen LogP contribution in [0.15, 0.2) is 60.8 Å². The number of halogens is 1. The average molecular weight is 414 g/mol. The summed E-state index contributed by atoms with van der Waals surface area (Å²) < 4.78 is 21.0. The first-order valence-corrected chi connectivity index (χ1v) is 9.62. The van der Waals surface area contributed by atoms with Gasteiger partial charge >= 0.3 is 0 Å². The maximum atomic E-state index is 12.4. The molecule has 0 fully saturated rings. The summed E-state index contributed by atoms with van der Waals surface area (Å²) in [7, 11) is 0. The molecule has 29 heavy (non-hydrogen) atoms. The van der Waals surface area contributed by atoms with Gasteiger partial charge < -0.3 is 9.30 Å². The molecule has 9 heteroatoms. The van der Waals surface area contributed by atoms with Gasteiger partial charge in [0.2, 0.25) is 0 Å². The van der Waals surface area contributed by atoms with Crippen LogP contribution in [0, 0.1) is 17.0 Å². The van der Waals surface area contributed by atoms with Gasteiger partial charge in [0.25, 0.3) is 5.70 Å². The number of thiophene rings is 1. The zero-order valence-electron chi connectivity index (χ0n) is 16.0. The topological polar surface area (TPSA) is 83.1 Å². The van der Waals surface area contributed by atoms with Crippen LogP contribution in [0.2, 0.25) is 0 Å². The van der Waals surface area contributed by atoms with Crippen LogP contribution in [-0.2, 0) is 6.54 Å². The summed E-state index contributed by atoms with van der Waals surface area (Å²) in [5.41, 5.74) is 1.26. The van der Waals surface area contributed by atoms with Crippen molar-refractivity contribution in [1.29, 1.82) is 0 Å². The van der Waals surface area contributed by atoms with E-state index in [1.165, 1.54) is 17.4 Å². The van der Waals surface area contributed by atoms with Crippen LogP contribution >= 0.6 is 11.3 Å². The van der Waals surface area contributed by atoms with Gasteiger partial charge in [-0.25, -0.2) is 9.37 Å². The van der Waals surface area contributed by atoms with E-state index in [0.717, 1.165) is 45.3 Å². The molecule has 0 saturated heterocycles. The first-order valence-electron chi connectivity index (χ1n) is 8.81. The number of ether oxygens (including phenoxy) is 1. The lowest BCUT2D eigenvalue weighted by molar-refractivity contribution is -0.419. The Labute approximate surface area is 170 Å². The van der Waals surface area contributed by atoms with Crippen LogP contribution in [0.4, 0.5) is 4.39 Å². The quantitative estimate of drug-likeness (QED) is 0.222. The number of aryl methyl sites for hydroxylation is 2. The molecule has 0 atom stereocenters. The van der Waals surface area contributed by atoms with Crippen molar-refractivity contribution in [3.63, 3.8) is 0 Å². The summed E-state index contributed by atoms with van der Waals surface area (Å²) in [5.74, 6) is 1.65. The molecular formula is C20H19FN4O3S. The van der Waals surface area contributed by atoms with E-state index >= 15 is 0 Å². The SMILES string of the molecule is C=C(/C=C\C(=C/CF)[N+](=O)[O-])Oc1ccnc2cc(-c3cn(CC)c(C)n3)sc12. The lowest BCUT2D eigenvalue weighted by Crippen LogP contribution is -1.97. The van der Waals surface area contributed by atoms with Crippen molar-refractivity contribution < 1.29 is 14.1 Å². The van der Waals surface area contributed by atoms with E-state index in [2.05, 4.69) is 28.0 Å². The molecule has 0 amide bonds. The van der Waals surface area contributed by atoms with Crippen LogP contribution in [0.5, 0.6) is 5.75 Å². The Morgan fingerprint density at radius 2 is 2.28 bits per heavy atom. The second-order valence-electron chi connectivity index (χ2n) is 6.04. The fourth-order valence-corrected chi connectivity index (χ4v) is 3.72. The van der Waals surface area contributed by atoms with Crippen LogP contribution in [0.3, 0.4) is 0 Å². The minimum atomic E-state index is -0.926. The van der Waals surface area contributed by atoms with Crippen molar-refractivity contribution in [2.24, 2.45) is 0 Å². The second-order valence-corrected chi connectivity index (χ2v) is 7.09. The number of pyridine rings is 1. The van der Waals surface area contributed by atoms with Crippen LogP contribution in [0.1, 0.15) is 12.7 Å². The highest BCUT2D eigenvalue weighted by Crippen LogP contribution is 2.37. The van der Waals surface area contributed by atoms with Gasteiger partial charge in [0.1, 0.15) is 24.0 Å². The molecule has 0 N–H and O–H groups in total. The molecular weight excluding hydrogens is 395 g/mol. The van der Waals surface area contributed by atoms with Crippen LogP contribution in [0.25, 0.3) is 20.8 Å². The number of fused-ring (bicyclic) bond motifs is 1. The number of allylic oxidation sites excluding steroid dienone is 3. The molecule has 3 heterocycles. The molecule has 0 saturated carbocycles. The molecule has 0 bridgehead atoms. The third kappa shape index (κ3) is 4.57. The molecule has 0 radical (unpaired) electrons. The lowest BCUT2D eigenvalue weighted by atomic mass is 10.3. The van der Waals surface area contributed by atoms with E-state index in [-0.39, 0.29) is 11.5 Å². The normalized spacial score (nSPS) is 12.0. The molecule has 0 aliphatic rings. The monoisotopic (exact) mass is 414 g/mol. The number of nitrogens with zero attached hydrogens (tertiary/aromatic N) is 4. The maximum absolute atomic E-state index is 12.4. The number of hydrogen-bond acceptors (Lipinski definition) is 6. The number of rotatable bonds is 8. The summed E-state index contributed by atoms with van der Waals surface area (Å²) in [4.78, 5) is 20.1. The Kier molecular flexibility index (Phi) is 6.18. The van der Waals surface area contributed by atoms with E-state index in [9.17, 15) is 14.5 Å². The van der Waals surface area contributed by atoms with Crippen molar-refractivity contribution in [1.82, 2.24) is 14.5 Å². The van der Waals surface area contributed by atoms with E-state index in [4.69, 9.17) is 4.74 Å². The van der Waals surface area contributed by atoms with Gasteiger partial charge in [-0.3, -0.25) is 15.1 Å². The summed E-state index contributed by atoms with van der Waals surface area (Å²) in [5, 5.41) is 10.9. The Balaban J connectivity index is 1.86. The van der Waals surface area contributed by atoms with Gasteiger partial charge in [-0.2, -0.15) is 0 Å².